The molecule has 1 aliphatic heterocycles. The van der Waals surface area contributed by atoms with Gasteiger partial charge in [0.25, 0.3) is 5.91 Å². The van der Waals surface area contributed by atoms with Gasteiger partial charge in [-0.1, -0.05) is 48.8 Å². The Bertz CT molecular complexity index is 875. The maximum absolute atomic E-state index is 12.8. The lowest BCUT2D eigenvalue weighted by molar-refractivity contribution is -0.113. The molecule has 0 N–H and O–H groups in total. The maximum atomic E-state index is 12.8. The summed E-state index contributed by atoms with van der Waals surface area (Å²) in [6.45, 7) is 4.07. The van der Waals surface area contributed by atoms with Crippen molar-refractivity contribution in [2.45, 2.75) is 0 Å². The standard InChI is InChI=1S/C20H17NO3S2/c1-3-11-24-17-6-4-5-14(12-17)13-18-19(22)21(20(25)26-18)15-7-9-16(23-2)10-8-15/h3-10,12-13H,1,11H2,2H3/b18-13-. The van der Waals surface area contributed by atoms with Crippen LogP contribution in [0.2, 0.25) is 0 Å². The van der Waals surface area contributed by atoms with Gasteiger partial charge in [-0.25, -0.2) is 0 Å². The summed E-state index contributed by atoms with van der Waals surface area (Å²) in [5.41, 5.74) is 1.60. The van der Waals surface area contributed by atoms with Gasteiger partial charge in [0.15, 0.2) is 4.32 Å². The number of methoxy groups -OCH3 is 1. The van der Waals surface area contributed by atoms with Gasteiger partial charge in [-0.15, -0.1) is 0 Å². The minimum atomic E-state index is -0.137. The average Bonchev–Trinajstić information content (AvgIpc) is 2.94. The zero-order valence-corrected chi connectivity index (χ0v) is 15.8. The summed E-state index contributed by atoms with van der Waals surface area (Å²) in [6.07, 6.45) is 3.51. The van der Waals surface area contributed by atoms with Gasteiger partial charge in [0.1, 0.15) is 18.1 Å². The molecule has 1 heterocycles. The molecule has 0 spiro atoms. The molecule has 0 aliphatic carbocycles. The Hall–Kier alpha value is -2.57. The van der Waals surface area contributed by atoms with Crippen LogP contribution in [0.1, 0.15) is 5.56 Å². The summed E-state index contributed by atoms with van der Waals surface area (Å²) >= 11 is 6.68. The van der Waals surface area contributed by atoms with Crippen LogP contribution < -0.4 is 14.4 Å². The van der Waals surface area contributed by atoms with E-state index in [1.54, 1.807) is 25.3 Å². The molecule has 6 heteroatoms. The fraction of sp³-hybridized carbons (Fsp3) is 0.100. The maximum Gasteiger partial charge on any atom is 0.270 e. The lowest BCUT2D eigenvalue weighted by atomic mass is 10.2. The number of ether oxygens (including phenoxy) is 2. The van der Waals surface area contributed by atoms with Crippen molar-refractivity contribution in [3.05, 3.63) is 71.7 Å². The normalized spacial score (nSPS) is 15.4. The Labute approximate surface area is 162 Å². The number of rotatable bonds is 6. The van der Waals surface area contributed by atoms with E-state index in [-0.39, 0.29) is 5.91 Å². The van der Waals surface area contributed by atoms with Gasteiger partial charge < -0.3 is 9.47 Å². The van der Waals surface area contributed by atoms with Crippen molar-refractivity contribution in [1.29, 1.82) is 0 Å². The zero-order valence-electron chi connectivity index (χ0n) is 14.2. The summed E-state index contributed by atoms with van der Waals surface area (Å²) in [5.74, 6) is 1.32. The number of benzene rings is 2. The Morgan fingerprint density at radius 2 is 1.96 bits per heavy atom. The van der Waals surface area contributed by atoms with E-state index in [1.807, 2.05) is 42.5 Å². The van der Waals surface area contributed by atoms with Crippen molar-refractivity contribution >= 4 is 46.0 Å². The molecule has 0 bridgehead atoms. The number of carbonyl (C=O) groups excluding carboxylic acids is 1. The van der Waals surface area contributed by atoms with Crippen LogP contribution >= 0.6 is 24.0 Å². The average molecular weight is 383 g/mol. The predicted molar refractivity (Wildman–Crippen MR) is 111 cm³/mol. The van der Waals surface area contributed by atoms with Crippen LogP contribution in [0.5, 0.6) is 11.5 Å². The molecule has 3 rings (SSSR count). The van der Waals surface area contributed by atoms with Crippen molar-refractivity contribution in [3.63, 3.8) is 0 Å². The first kappa shape index (κ1) is 18.2. The summed E-state index contributed by atoms with van der Waals surface area (Å²) in [7, 11) is 1.60. The number of anilines is 1. The molecule has 1 aliphatic rings. The van der Waals surface area contributed by atoms with Crippen molar-refractivity contribution in [3.8, 4) is 11.5 Å². The first-order chi connectivity index (χ1) is 12.6. The largest absolute Gasteiger partial charge is 0.497 e. The molecular weight excluding hydrogens is 366 g/mol. The lowest BCUT2D eigenvalue weighted by Crippen LogP contribution is -2.27. The highest BCUT2D eigenvalue weighted by Gasteiger charge is 2.33. The molecule has 1 amide bonds. The molecule has 2 aromatic rings. The van der Waals surface area contributed by atoms with E-state index >= 15 is 0 Å². The highest BCUT2D eigenvalue weighted by Crippen LogP contribution is 2.36. The highest BCUT2D eigenvalue weighted by molar-refractivity contribution is 8.27. The number of hydrogen-bond donors (Lipinski definition) is 0. The van der Waals surface area contributed by atoms with Crippen LogP contribution in [0.25, 0.3) is 6.08 Å². The topological polar surface area (TPSA) is 38.8 Å². The van der Waals surface area contributed by atoms with E-state index in [9.17, 15) is 4.79 Å². The molecule has 132 valence electrons. The number of amides is 1. The van der Waals surface area contributed by atoms with E-state index in [0.29, 0.717) is 15.8 Å². The molecule has 0 saturated carbocycles. The third kappa shape index (κ3) is 3.98. The van der Waals surface area contributed by atoms with Crippen molar-refractivity contribution < 1.29 is 14.3 Å². The molecule has 4 nitrogen and oxygen atoms in total. The Kier molecular flexibility index (Phi) is 5.75. The molecule has 26 heavy (non-hydrogen) atoms. The number of carbonyl (C=O) groups is 1. The van der Waals surface area contributed by atoms with Gasteiger partial charge in [-0.05, 0) is 48.0 Å². The summed E-state index contributed by atoms with van der Waals surface area (Å²) in [4.78, 5) is 14.9. The molecule has 0 atom stereocenters. The quantitative estimate of drug-likeness (QED) is 0.412. The second kappa shape index (κ2) is 8.21. The molecule has 1 fully saturated rings. The minimum absolute atomic E-state index is 0.137. The molecule has 1 saturated heterocycles. The SMILES string of the molecule is C=CCOc1cccc(/C=C2\SC(=S)N(c3ccc(OC)cc3)C2=O)c1. The third-order valence-electron chi connectivity index (χ3n) is 3.65. The minimum Gasteiger partial charge on any atom is -0.497 e. The monoisotopic (exact) mass is 383 g/mol. The van der Waals surface area contributed by atoms with E-state index in [2.05, 4.69) is 6.58 Å². The zero-order chi connectivity index (χ0) is 18.5. The van der Waals surface area contributed by atoms with E-state index in [0.717, 1.165) is 22.7 Å². The van der Waals surface area contributed by atoms with Crippen molar-refractivity contribution in [1.82, 2.24) is 0 Å². The summed E-state index contributed by atoms with van der Waals surface area (Å²) < 4.78 is 11.2. The second-order valence-corrected chi connectivity index (χ2v) is 7.06. The van der Waals surface area contributed by atoms with Crippen LogP contribution in [0.15, 0.2) is 66.1 Å². The first-order valence-electron chi connectivity index (χ1n) is 7.88. The van der Waals surface area contributed by atoms with Gasteiger partial charge in [0.2, 0.25) is 0 Å². The van der Waals surface area contributed by atoms with Crippen LogP contribution in [0.3, 0.4) is 0 Å². The highest BCUT2D eigenvalue weighted by atomic mass is 32.2. The van der Waals surface area contributed by atoms with Crippen molar-refractivity contribution in [2.24, 2.45) is 0 Å². The molecule has 0 aromatic heterocycles. The molecule has 0 radical (unpaired) electrons. The van der Waals surface area contributed by atoms with Gasteiger partial charge in [-0.2, -0.15) is 0 Å². The van der Waals surface area contributed by atoms with Gasteiger partial charge in [-0.3, -0.25) is 9.69 Å². The van der Waals surface area contributed by atoms with Crippen LogP contribution in [0, 0.1) is 0 Å². The summed E-state index contributed by atoms with van der Waals surface area (Å²) in [5, 5.41) is 0. The summed E-state index contributed by atoms with van der Waals surface area (Å²) in [6, 6.07) is 14.8. The van der Waals surface area contributed by atoms with E-state index in [1.165, 1.54) is 16.7 Å². The number of hydrogen-bond acceptors (Lipinski definition) is 5. The number of thioether (sulfide) groups is 1. The van der Waals surface area contributed by atoms with Gasteiger partial charge in [0, 0.05) is 0 Å². The first-order valence-corrected chi connectivity index (χ1v) is 9.10. The molecule has 2 aromatic carbocycles. The number of thiocarbonyl (C=S) groups is 1. The van der Waals surface area contributed by atoms with Crippen LogP contribution in [-0.4, -0.2) is 23.9 Å². The molecular formula is C20H17NO3S2. The molecule has 0 unspecified atom stereocenters. The number of nitrogens with zero attached hydrogens (tertiary/aromatic N) is 1. The Balaban J connectivity index is 1.83. The Morgan fingerprint density at radius 1 is 1.19 bits per heavy atom. The second-order valence-electron chi connectivity index (χ2n) is 5.39. The van der Waals surface area contributed by atoms with Gasteiger partial charge in [0.05, 0.1) is 17.7 Å². The van der Waals surface area contributed by atoms with Crippen molar-refractivity contribution in [2.75, 3.05) is 18.6 Å². The predicted octanol–water partition coefficient (Wildman–Crippen LogP) is 4.67. The van der Waals surface area contributed by atoms with Gasteiger partial charge >= 0.3 is 0 Å². The lowest BCUT2D eigenvalue weighted by Gasteiger charge is -2.14. The smallest absolute Gasteiger partial charge is 0.270 e. The fourth-order valence-electron chi connectivity index (χ4n) is 2.42. The van der Waals surface area contributed by atoms with E-state index in [4.69, 9.17) is 21.7 Å². The van der Waals surface area contributed by atoms with E-state index < -0.39 is 0 Å². The van der Waals surface area contributed by atoms with Crippen LogP contribution in [0.4, 0.5) is 5.69 Å². The third-order valence-corrected chi connectivity index (χ3v) is 4.95. The van der Waals surface area contributed by atoms with Crippen LogP contribution in [-0.2, 0) is 4.79 Å². The Morgan fingerprint density at radius 3 is 2.65 bits per heavy atom. The fourth-order valence-corrected chi connectivity index (χ4v) is 3.72.